The van der Waals surface area contributed by atoms with Crippen LogP contribution in [0.1, 0.15) is 55.0 Å². The van der Waals surface area contributed by atoms with E-state index in [1.165, 1.54) is 23.8 Å². The number of rotatable bonds is 8. The third-order valence-corrected chi connectivity index (χ3v) is 8.06. The smallest absolute Gasteiger partial charge is 0.796 e. The summed E-state index contributed by atoms with van der Waals surface area (Å²) < 4.78 is 26.6. The molecule has 0 radical (unpaired) electrons. The van der Waals surface area contributed by atoms with E-state index in [2.05, 4.69) is 6.07 Å². The molecule has 3 aromatic rings. The van der Waals surface area contributed by atoms with E-state index in [0.29, 0.717) is 17.7 Å². The number of aliphatic hydroxyl groups is 1. The van der Waals surface area contributed by atoms with Crippen molar-refractivity contribution in [1.29, 1.82) is 0 Å². The number of carbonyl (C=O) groups is 1. The minimum atomic E-state index is -4.29. The number of aliphatic hydroxyl groups excluding tert-OH is 1. The SMILES string of the molecule is CC(C)c1nc2c(c(-c3ccc(F)cc3)c1/C=C/P(=O)([O-])C[C@H](O)CC(=O)[O-])CCCc1ccccc1-2.[Li+].[Li+]. The van der Waals surface area contributed by atoms with Crippen molar-refractivity contribution < 1.29 is 66.6 Å². The topological polar surface area (TPSA) is 113 Å². The molecule has 10 heteroatoms. The second-order valence-corrected chi connectivity index (χ2v) is 11.9. The maximum atomic E-state index is 13.9. The molecule has 0 aliphatic heterocycles. The average Bonchev–Trinajstić information content (AvgIpc) is 3.01. The van der Waals surface area contributed by atoms with E-state index in [9.17, 15) is 28.9 Å². The molecule has 0 spiro atoms. The predicted octanol–water partition coefficient (Wildman–Crippen LogP) is -1.72. The summed E-state index contributed by atoms with van der Waals surface area (Å²) in [5.41, 5.74) is 6.92. The van der Waals surface area contributed by atoms with Crippen LogP contribution in [-0.2, 0) is 22.2 Å². The summed E-state index contributed by atoms with van der Waals surface area (Å²) in [5, 5.41) is 20.6. The second kappa shape index (κ2) is 14.1. The summed E-state index contributed by atoms with van der Waals surface area (Å²) in [5.74, 6) is -0.929. The van der Waals surface area contributed by atoms with Gasteiger partial charge in [0.25, 0.3) is 0 Å². The zero-order valence-electron chi connectivity index (χ0n) is 22.8. The molecule has 1 aliphatic rings. The molecule has 0 saturated carbocycles. The van der Waals surface area contributed by atoms with Crippen LogP contribution in [0.5, 0.6) is 0 Å². The van der Waals surface area contributed by atoms with Crippen LogP contribution in [0.15, 0.2) is 54.3 Å². The van der Waals surface area contributed by atoms with Gasteiger partial charge in [-0.3, -0.25) is 4.98 Å². The number of nitrogens with zero attached hydrogens (tertiary/aromatic N) is 1. The monoisotopic (exact) mass is 535 g/mol. The van der Waals surface area contributed by atoms with Crippen LogP contribution >= 0.6 is 7.37 Å². The summed E-state index contributed by atoms with van der Waals surface area (Å²) in [6.07, 6.45) is 0.897. The van der Waals surface area contributed by atoms with Crippen LogP contribution < -0.4 is 47.7 Å². The first-order valence-electron chi connectivity index (χ1n) is 12.3. The third kappa shape index (κ3) is 8.06. The predicted molar refractivity (Wildman–Crippen MR) is 138 cm³/mol. The minimum Gasteiger partial charge on any atom is -0.796 e. The number of carboxylic acids is 1. The average molecular weight is 535 g/mol. The molecule has 0 fully saturated rings. The zero-order chi connectivity index (χ0) is 26.7. The van der Waals surface area contributed by atoms with Crippen molar-refractivity contribution in [2.45, 2.75) is 51.6 Å². The van der Waals surface area contributed by atoms with Crippen molar-refractivity contribution in [2.75, 3.05) is 6.16 Å². The molecule has 1 N–H and O–H groups in total. The van der Waals surface area contributed by atoms with Crippen LogP contribution in [0, 0.1) is 5.82 Å². The van der Waals surface area contributed by atoms with E-state index in [0.717, 1.165) is 46.6 Å². The normalized spacial score (nSPS) is 14.8. The Morgan fingerprint density at radius 3 is 2.44 bits per heavy atom. The zero-order valence-corrected chi connectivity index (χ0v) is 23.7. The molecule has 2 aromatic carbocycles. The molecular weight excluding hydrogens is 506 g/mol. The molecule has 1 unspecified atom stereocenters. The molecule has 1 heterocycles. The van der Waals surface area contributed by atoms with Gasteiger partial charge in [-0.25, -0.2) is 4.39 Å². The Morgan fingerprint density at radius 1 is 1.13 bits per heavy atom. The van der Waals surface area contributed by atoms with Crippen LogP contribution in [0.3, 0.4) is 0 Å². The van der Waals surface area contributed by atoms with Gasteiger partial charge >= 0.3 is 37.7 Å². The number of fused-ring (bicyclic) bond motifs is 3. The van der Waals surface area contributed by atoms with Crippen molar-refractivity contribution in [1.82, 2.24) is 4.98 Å². The largest absolute Gasteiger partial charge is 1.00 e. The summed E-state index contributed by atoms with van der Waals surface area (Å²) in [6, 6.07) is 14.2. The van der Waals surface area contributed by atoms with E-state index < -0.39 is 32.0 Å². The fourth-order valence-corrected chi connectivity index (χ4v) is 6.12. The molecule has 4 rings (SSSR count). The van der Waals surface area contributed by atoms with Crippen LogP contribution in [-0.4, -0.2) is 28.3 Å². The molecule has 0 bridgehead atoms. The van der Waals surface area contributed by atoms with Crippen molar-refractivity contribution in [3.63, 3.8) is 0 Å². The molecular formula is C29H29FLi2NO5P. The van der Waals surface area contributed by atoms with Crippen LogP contribution in [0.25, 0.3) is 28.5 Å². The number of aryl methyl sites for hydroxylation is 1. The number of carboxylic acid groups (broad SMARTS) is 1. The number of halogens is 1. The Morgan fingerprint density at radius 2 is 1.79 bits per heavy atom. The van der Waals surface area contributed by atoms with Gasteiger partial charge in [0.2, 0.25) is 0 Å². The van der Waals surface area contributed by atoms with Gasteiger partial charge in [-0.05, 0) is 65.4 Å². The van der Waals surface area contributed by atoms with Crippen molar-refractivity contribution in [2.24, 2.45) is 0 Å². The molecule has 2 atom stereocenters. The van der Waals surface area contributed by atoms with Gasteiger partial charge in [-0.15, -0.1) is 0 Å². The fourth-order valence-electron chi connectivity index (χ4n) is 4.90. The van der Waals surface area contributed by atoms with Gasteiger partial charge in [0.1, 0.15) is 5.82 Å². The quantitative estimate of drug-likeness (QED) is 0.272. The van der Waals surface area contributed by atoms with E-state index in [-0.39, 0.29) is 49.5 Å². The summed E-state index contributed by atoms with van der Waals surface area (Å²) in [7, 11) is -4.29. The molecule has 6 nitrogen and oxygen atoms in total. The summed E-state index contributed by atoms with van der Waals surface area (Å²) in [4.78, 5) is 28.6. The summed E-state index contributed by atoms with van der Waals surface area (Å²) >= 11 is 0. The molecule has 1 aliphatic carbocycles. The van der Waals surface area contributed by atoms with Gasteiger partial charge < -0.3 is 24.5 Å². The Kier molecular flexibility index (Phi) is 12.0. The molecule has 194 valence electrons. The van der Waals surface area contributed by atoms with Gasteiger partial charge in [-0.1, -0.05) is 56.3 Å². The minimum absolute atomic E-state index is 0. The number of aromatic nitrogens is 1. The molecule has 1 aromatic heterocycles. The number of hydrogen-bond acceptors (Lipinski definition) is 6. The van der Waals surface area contributed by atoms with Gasteiger partial charge in [0.05, 0.1) is 17.5 Å². The second-order valence-electron chi connectivity index (χ2n) is 9.74. The maximum Gasteiger partial charge on any atom is 1.00 e. The third-order valence-electron chi connectivity index (χ3n) is 6.53. The van der Waals surface area contributed by atoms with Crippen LogP contribution in [0.2, 0.25) is 0 Å². The van der Waals surface area contributed by atoms with Gasteiger partial charge in [0.15, 0.2) is 0 Å². The Hall–Kier alpha value is -1.93. The number of aliphatic carboxylic acids is 1. The van der Waals surface area contributed by atoms with Crippen molar-refractivity contribution in [3.8, 4) is 22.4 Å². The van der Waals surface area contributed by atoms with E-state index in [1.807, 2.05) is 32.0 Å². The first-order chi connectivity index (χ1) is 17.6. The Balaban J connectivity index is 0.00000267. The number of carbonyl (C=O) groups excluding carboxylic acids is 1. The van der Waals surface area contributed by atoms with Crippen molar-refractivity contribution >= 4 is 19.4 Å². The van der Waals surface area contributed by atoms with Gasteiger partial charge in [-0.2, -0.15) is 0 Å². The molecule has 39 heavy (non-hydrogen) atoms. The van der Waals surface area contributed by atoms with E-state index in [4.69, 9.17) is 4.98 Å². The fraction of sp³-hybridized carbons (Fsp3) is 0.310. The van der Waals surface area contributed by atoms with Gasteiger partial charge in [0, 0.05) is 37.0 Å². The standard InChI is InChI=1S/C29H31FNO5P.2Li/c1-18(2)28-25(14-15-37(35,36)17-22(32)16-26(33)34)27(20-10-12-21(30)13-11-20)24-9-5-7-19-6-3-4-8-23(19)29(24)31-28;;/h3-4,6,8,10-15,18,22,32H,5,7,9,16-17H2,1-2H3,(H,33,34)(H,35,36);;/q;2*+1/p-2/b15-14+;;/t22-;;/m1../s1. The first-order valence-corrected chi connectivity index (χ1v) is 14.2. The molecule has 0 saturated heterocycles. The first kappa shape index (κ1) is 33.3. The van der Waals surface area contributed by atoms with E-state index in [1.54, 1.807) is 12.1 Å². The van der Waals surface area contributed by atoms with Crippen molar-refractivity contribution in [3.05, 3.63) is 82.5 Å². The Bertz CT molecular complexity index is 1400. The van der Waals surface area contributed by atoms with E-state index >= 15 is 0 Å². The van der Waals surface area contributed by atoms with Crippen LogP contribution in [0.4, 0.5) is 4.39 Å². The molecule has 0 amide bonds. The number of benzene rings is 2. The summed E-state index contributed by atoms with van der Waals surface area (Å²) in [6.45, 7) is 3.95. The number of hydrogen-bond donors (Lipinski definition) is 1. The Labute approximate surface area is 252 Å². The number of pyridine rings is 1. The maximum absolute atomic E-state index is 13.9.